The molecule has 0 aliphatic rings. The number of aromatic nitrogens is 1. The summed E-state index contributed by atoms with van der Waals surface area (Å²) in [7, 11) is 1.10. The highest BCUT2D eigenvalue weighted by Crippen LogP contribution is 2.31. The monoisotopic (exact) mass is 324 g/mol. The van der Waals surface area contributed by atoms with Crippen LogP contribution in [0.2, 0.25) is 0 Å². The second kappa shape index (κ2) is 5.80. The Morgan fingerprint density at radius 3 is 2.72 bits per heavy atom. The second-order valence-corrected chi connectivity index (χ2v) is 3.90. The summed E-state index contributed by atoms with van der Waals surface area (Å²) in [6.45, 7) is 0. The van der Waals surface area contributed by atoms with E-state index in [1.807, 2.05) is 0 Å². The minimum absolute atomic E-state index is 0.212. The van der Waals surface area contributed by atoms with Crippen LogP contribution in [-0.2, 0) is 16.0 Å². The summed E-state index contributed by atoms with van der Waals surface area (Å²) in [6, 6.07) is 0.694. The minimum atomic E-state index is -2.97. The number of hydrogen-bond acceptors (Lipinski definition) is 5. The van der Waals surface area contributed by atoms with Crippen molar-refractivity contribution in [1.29, 1.82) is 0 Å². The molecule has 0 aromatic carbocycles. The summed E-state index contributed by atoms with van der Waals surface area (Å²) in [4.78, 5) is 24.4. The lowest BCUT2D eigenvalue weighted by Gasteiger charge is -2.07. The van der Waals surface area contributed by atoms with Crippen molar-refractivity contribution >= 4 is 27.6 Å². The number of pyridine rings is 1. The molecule has 0 atom stereocenters. The number of carbonyl (C=O) groups excluding carboxylic acids is 1. The van der Waals surface area contributed by atoms with Crippen molar-refractivity contribution in [3.8, 4) is 0 Å². The maximum Gasteiger partial charge on any atom is 0.311 e. The van der Waals surface area contributed by atoms with Gasteiger partial charge in [-0.05, 0) is 15.9 Å². The molecule has 0 bridgehead atoms. The molecule has 1 aromatic rings. The molecule has 0 saturated carbocycles. The van der Waals surface area contributed by atoms with Gasteiger partial charge in [0.25, 0.3) is 6.43 Å². The Bertz CT molecular complexity index is 496. The van der Waals surface area contributed by atoms with E-state index in [9.17, 15) is 23.7 Å². The summed E-state index contributed by atoms with van der Waals surface area (Å²) in [6.07, 6.45) is -3.45. The van der Waals surface area contributed by atoms with Crippen LogP contribution in [0.25, 0.3) is 0 Å². The van der Waals surface area contributed by atoms with Gasteiger partial charge in [-0.1, -0.05) is 0 Å². The Hall–Kier alpha value is -1.64. The summed E-state index contributed by atoms with van der Waals surface area (Å²) < 4.78 is 29.6. The number of ether oxygens (including phenoxy) is 1. The van der Waals surface area contributed by atoms with Gasteiger partial charge < -0.3 is 4.74 Å². The molecule has 0 aliphatic heterocycles. The highest BCUT2D eigenvalue weighted by Gasteiger charge is 2.24. The van der Waals surface area contributed by atoms with Crippen LogP contribution in [0, 0.1) is 10.1 Å². The lowest BCUT2D eigenvalue weighted by molar-refractivity contribution is -0.386. The molecule has 0 unspecified atom stereocenters. The first kappa shape index (κ1) is 14.4. The third kappa shape index (κ3) is 3.19. The fraction of sp³-hybridized carbons (Fsp3) is 0.333. The van der Waals surface area contributed by atoms with Crippen molar-refractivity contribution in [2.75, 3.05) is 7.11 Å². The standard InChI is InChI=1S/C9H7BrF2N2O4/c1-18-7(15)3-5-4(9(11)12)2-6(14(16)17)8(10)13-5/h2,9H,3H2,1H3. The summed E-state index contributed by atoms with van der Waals surface area (Å²) >= 11 is 2.79. The van der Waals surface area contributed by atoms with E-state index < -0.39 is 35.0 Å². The Morgan fingerprint density at radius 2 is 2.28 bits per heavy atom. The van der Waals surface area contributed by atoms with E-state index in [2.05, 4.69) is 25.7 Å². The van der Waals surface area contributed by atoms with Crippen LogP contribution in [0.1, 0.15) is 17.7 Å². The molecule has 1 rings (SSSR count). The molecular formula is C9H7BrF2N2O4. The number of esters is 1. The Morgan fingerprint density at radius 1 is 1.67 bits per heavy atom. The second-order valence-electron chi connectivity index (χ2n) is 3.14. The summed E-state index contributed by atoms with van der Waals surface area (Å²) in [5.41, 5.74) is -1.50. The number of hydrogen-bond donors (Lipinski definition) is 0. The van der Waals surface area contributed by atoms with Crippen molar-refractivity contribution in [3.05, 3.63) is 32.0 Å². The molecule has 1 heterocycles. The van der Waals surface area contributed by atoms with E-state index in [-0.39, 0.29) is 10.3 Å². The van der Waals surface area contributed by atoms with Crippen LogP contribution in [0.3, 0.4) is 0 Å². The van der Waals surface area contributed by atoms with Gasteiger partial charge in [-0.2, -0.15) is 0 Å². The third-order valence-corrected chi connectivity index (χ3v) is 2.62. The predicted octanol–water partition coefficient (Wildman–Crippen LogP) is 2.41. The number of alkyl halides is 2. The molecule has 18 heavy (non-hydrogen) atoms. The largest absolute Gasteiger partial charge is 0.469 e. The maximum atomic E-state index is 12.7. The van der Waals surface area contributed by atoms with E-state index >= 15 is 0 Å². The minimum Gasteiger partial charge on any atom is -0.469 e. The Kier molecular flexibility index (Phi) is 4.65. The number of carbonyl (C=O) groups is 1. The molecule has 9 heteroatoms. The first-order chi connectivity index (χ1) is 8.36. The maximum absolute atomic E-state index is 12.7. The molecule has 0 amide bonds. The number of methoxy groups -OCH3 is 1. The number of nitrogens with zero attached hydrogens (tertiary/aromatic N) is 2. The van der Waals surface area contributed by atoms with Crippen LogP contribution < -0.4 is 0 Å². The van der Waals surface area contributed by atoms with E-state index in [0.29, 0.717) is 6.07 Å². The van der Waals surface area contributed by atoms with Crippen molar-refractivity contribution < 1.29 is 23.2 Å². The zero-order valence-corrected chi connectivity index (χ0v) is 10.6. The van der Waals surface area contributed by atoms with E-state index in [1.165, 1.54) is 0 Å². The van der Waals surface area contributed by atoms with Crippen molar-refractivity contribution in [3.63, 3.8) is 0 Å². The van der Waals surface area contributed by atoms with Crippen LogP contribution in [0.4, 0.5) is 14.5 Å². The van der Waals surface area contributed by atoms with Crippen LogP contribution in [0.5, 0.6) is 0 Å². The topological polar surface area (TPSA) is 82.3 Å². The molecular weight excluding hydrogens is 318 g/mol. The molecule has 0 N–H and O–H groups in total. The van der Waals surface area contributed by atoms with Gasteiger partial charge in [0.05, 0.1) is 24.1 Å². The van der Waals surface area contributed by atoms with E-state index in [4.69, 9.17) is 0 Å². The van der Waals surface area contributed by atoms with Crippen LogP contribution >= 0.6 is 15.9 Å². The third-order valence-electron chi connectivity index (χ3n) is 2.04. The van der Waals surface area contributed by atoms with Crippen molar-refractivity contribution in [2.24, 2.45) is 0 Å². The zero-order valence-electron chi connectivity index (χ0n) is 9.02. The molecule has 0 aliphatic carbocycles. The lowest BCUT2D eigenvalue weighted by Crippen LogP contribution is -2.10. The zero-order chi connectivity index (χ0) is 13.9. The fourth-order valence-electron chi connectivity index (χ4n) is 1.20. The average Bonchev–Trinajstić information content (AvgIpc) is 2.27. The first-order valence-corrected chi connectivity index (χ1v) is 5.34. The first-order valence-electron chi connectivity index (χ1n) is 4.55. The van der Waals surface area contributed by atoms with Gasteiger partial charge in [0.2, 0.25) is 0 Å². The number of rotatable bonds is 4. The van der Waals surface area contributed by atoms with E-state index in [0.717, 1.165) is 7.11 Å². The molecule has 98 valence electrons. The average molecular weight is 325 g/mol. The molecule has 0 saturated heterocycles. The Balaban J connectivity index is 3.29. The number of halogens is 3. The van der Waals surface area contributed by atoms with Gasteiger partial charge in [-0.25, -0.2) is 13.8 Å². The van der Waals surface area contributed by atoms with Gasteiger partial charge in [0.15, 0.2) is 4.60 Å². The Labute approximate surface area is 108 Å². The summed E-state index contributed by atoms with van der Waals surface area (Å²) in [5, 5.41) is 10.6. The van der Waals surface area contributed by atoms with Gasteiger partial charge in [0.1, 0.15) is 0 Å². The van der Waals surface area contributed by atoms with Gasteiger partial charge in [-0.15, -0.1) is 0 Å². The van der Waals surface area contributed by atoms with Gasteiger partial charge in [0, 0.05) is 11.6 Å². The highest BCUT2D eigenvalue weighted by molar-refractivity contribution is 9.10. The van der Waals surface area contributed by atoms with Gasteiger partial charge >= 0.3 is 11.7 Å². The quantitative estimate of drug-likeness (QED) is 0.367. The molecule has 0 radical (unpaired) electrons. The van der Waals surface area contributed by atoms with Crippen LogP contribution in [0.15, 0.2) is 10.7 Å². The normalized spacial score (nSPS) is 10.5. The highest BCUT2D eigenvalue weighted by atomic mass is 79.9. The SMILES string of the molecule is COC(=O)Cc1nc(Br)c([N+](=O)[O-])cc1C(F)F. The fourth-order valence-corrected chi connectivity index (χ4v) is 1.67. The number of nitro groups is 1. The summed E-state index contributed by atoms with van der Waals surface area (Å²) in [5.74, 6) is -0.759. The van der Waals surface area contributed by atoms with E-state index in [1.54, 1.807) is 0 Å². The molecule has 0 fully saturated rings. The molecule has 0 spiro atoms. The van der Waals surface area contributed by atoms with Crippen molar-refractivity contribution in [2.45, 2.75) is 12.8 Å². The molecule has 6 nitrogen and oxygen atoms in total. The van der Waals surface area contributed by atoms with Gasteiger partial charge in [-0.3, -0.25) is 14.9 Å². The molecule has 1 aromatic heterocycles. The van der Waals surface area contributed by atoms with Crippen LogP contribution in [-0.4, -0.2) is 23.0 Å². The smallest absolute Gasteiger partial charge is 0.311 e. The lowest BCUT2D eigenvalue weighted by atomic mass is 10.1. The van der Waals surface area contributed by atoms with Crippen molar-refractivity contribution in [1.82, 2.24) is 4.98 Å². The predicted molar refractivity (Wildman–Crippen MR) is 59.3 cm³/mol.